The first-order valence-corrected chi connectivity index (χ1v) is 19.7. The first-order chi connectivity index (χ1) is 27.9. The van der Waals surface area contributed by atoms with Crippen molar-refractivity contribution in [3.05, 3.63) is 194 Å². The maximum atomic E-state index is 2.62. The van der Waals surface area contributed by atoms with Gasteiger partial charge in [0.05, 0.1) is 5.52 Å². The summed E-state index contributed by atoms with van der Waals surface area (Å²) in [5, 5.41) is 10.5. The molecule has 2 aliphatic rings. The highest BCUT2D eigenvalue weighted by molar-refractivity contribution is 7.01. The predicted octanol–water partition coefficient (Wildman–Crippen LogP) is 8.81. The van der Waals surface area contributed by atoms with Gasteiger partial charge in [-0.3, -0.25) is 0 Å². The van der Waals surface area contributed by atoms with Crippen LogP contribution in [0.2, 0.25) is 0 Å². The fraction of sp³-hybridized carbons (Fsp3) is 0. The van der Waals surface area contributed by atoms with E-state index in [2.05, 4.69) is 204 Å². The molecule has 0 fully saturated rings. The number of aromatic nitrogens is 1. The molecule has 0 aliphatic carbocycles. The lowest BCUT2D eigenvalue weighted by Gasteiger charge is -2.39. The molecule has 256 valence electrons. The molecule has 56 heavy (non-hydrogen) atoms. The van der Waals surface area contributed by atoms with Crippen molar-refractivity contribution >= 4 is 117 Å². The van der Waals surface area contributed by atoms with Crippen molar-refractivity contribution in [3.8, 4) is 5.69 Å². The molecule has 13 rings (SSSR count). The second-order valence-corrected chi connectivity index (χ2v) is 15.5. The molecule has 0 radical (unpaired) electrons. The number of hydrogen-bond donors (Lipinski definition) is 0. The maximum absolute atomic E-state index is 2.62. The molecular formula is C52H32B2N2. The Kier molecular flexibility index (Phi) is 6.09. The van der Waals surface area contributed by atoms with Crippen LogP contribution in [0, 0.1) is 0 Å². The maximum Gasteiger partial charge on any atom is 0.247 e. The number of para-hydroxylation sites is 4. The fourth-order valence-corrected chi connectivity index (χ4v) is 10.8. The third-order valence-electron chi connectivity index (χ3n) is 12.8. The minimum absolute atomic E-state index is 0.0457. The first kappa shape index (κ1) is 30.3. The average Bonchev–Trinajstić information content (AvgIpc) is 3.61. The van der Waals surface area contributed by atoms with Crippen LogP contribution in [0.3, 0.4) is 0 Å². The van der Waals surface area contributed by atoms with Crippen LogP contribution in [-0.4, -0.2) is 18.0 Å². The third-order valence-corrected chi connectivity index (χ3v) is 12.8. The van der Waals surface area contributed by atoms with E-state index in [0.717, 1.165) is 0 Å². The first-order valence-electron chi connectivity index (χ1n) is 19.7. The lowest BCUT2D eigenvalue weighted by Crippen LogP contribution is -2.58. The van der Waals surface area contributed by atoms with Crippen LogP contribution < -0.4 is 37.7 Å². The molecule has 0 atom stereocenters. The van der Waals surface area contributed by atoms with Crippen molar-refractivity contribution in [2.75, 3.05) is 4.90 Å². The normalized spacial score (nSPS) is 13.2. The van der Waals surface area contributed by atoms with Gasteiger partial charge in [0.1, 0.15) is 0 Å². The molecule has 2 nitrogen and oxygen atoms in total. The summed E-state index contributed by atoms with van der Waals surface area (Å²) in [4.78, 5) is 2.55. The standard InChI is InChI=1S/C52H32B2N2/c1-4-17-33(18-5-1)53-42-29-11-13-32-45(42)55(35-21-8-3-9-22-35)51-40-27-14-26-39-46(40)47-38(48(51)53)25-15-28-41(47)52-49(39)54(34-19-6-2-7-20-34)43-30-16-24-37-36-23-10-12-31-44(36)56(52)50(37)43/h1-32H. The predicted molar refractivity (Wildman–Crippen MR) is 241 cm³/mol. The zero-order valence-corrected chi connectivity index (χ0v) is 30.5. The summed E-state index contributed by atoms with van der Waals surface area (Å²) in [6.07, 6.45) is 0. The molecule has 10 aromatic carbocycles. The zero-order chi connectivity index (χ0) is 36.5. The number of benzene rings is 10. The van der Waals surface area contributed by atoms with Gasteiger partial charge in [0.15, 0.2) is 0 Å². The lowest BCUT2D eigenvalue weighted by molar-refractivity contribution is 1.21. The molecule has 4 heteroatoms. The van der Waals surface area contributed by atoms with E-state index < -0.39 is 0 Å². The van der Waals surface area contributed by atoms with Crippen molar-refractivity contribution in [2.24, 2.45) is 0 Å². The van der Waals surface area contributed by atoms with Crippen molar-refractivity contribution in [1.29, 1.82) is 0 Å². The number of hydrogen-bond acceptors (Lipinski definition) is 1. The lowest BCUT2D eigenvalue weighted by atomic mass is 9.34. The van der Waals surface area contributed by atoms with Gasteiger partial charge in [-0.15, -0.1) is 0 Å². The molecule has 0 saturated carbocycles. The van der Waals surface area contributed by atoms with Gasteiger partial charge in [-0.25, -0.2) is 0 Å². The fourth-order valence-electron chi connectivity index (χ4n) is 10.8. The molecule has 2 aliphatic heterocycles. The van der Waals surface area contributed by atoms with Gasteiger partial charge in [-0.05, 0) is 67.7 Å². The molecular weight excluding hydrogens is 674 g/mol. The average molecular weight is 706 g/mol. The number of rotatable bonds is 3. The van der Waals surface area contributed by atoms with E-state index in [0.29, 0.717) is 0 Å². The van der Waals surface area contributed by atoms with E-state index in [4.69, 9.17) is 0 Å². The van der Waals surface area contributed by atoms with E-state index in [9.17, 15) is 0 Å². The number of fused-ring (bicyclic) bond motifs is 11. The molecule has 0 N–H and O–H groups in total. The van der Waals surface area contributed by atoms with Crippen LogP contribution in [-0.2, 0) is 0 Å². The van der Waals surface area contributed by atoms with Gasteiger partial charge in [-0.1, -0.05) is 181 Å². The number of anilines is 3. The molecule has 0 spiro atoms. The zero-order valence-electron chi connectivity index (χ0n) is 30.5. The second-order valence-electron chi connectivity index (χ2n) is 15.5. The molecule has 3 heterocycles. The summed E-state index contributed by atoms with van der Waals surface area (Å²) in [5.41, 5.74) is 15.6. The topological polar surface area (TPSA) is 8.17 Å². The van der Waals surface area contributed by atoms with Crippen LogP contribution in [0.4, 0.5) is 17.1 Å². The van der Waals surface area contributed by atoms with Crippen LogP contribution in [0.5, 0.6) is 0 Å². The van der Waals surface area contributed by atoms with E-state index >= 15 is 0 Å². The molecule has 11 aromatic rings. The second kappa shape index (κ2) is 11.3. The summed E-state index contributed by atoms with van der Waals surface area (Å²) in [6, 6.07) is 72.6. The monoisotopic (exact) mass is 706 g/mol. The highest BCUT2D eigenvalue weighted by Crippen LogP contribution is 2.47. The van der Waals surface area contributed by atoms with Gasteiger partial charge in [0, 0.05) is 49.8 Å². The van der Waals surface area contributed by atoms with Gasteiger partial charge in [0.25, 0.3) is 0 Å². The molecule has 1 aromatic heterocycles. The van der Waals surface area contributed by atoms with Gasteiger partial charge in [-0.2, -0.15) is 0 Å². The van der Waals surface area contributed by atoms with E-state index in [1.165, 1.54) is 110 Å². The smallest absolute Gasteiger partial charge is 0.247 e. The number of nitrogens with zero attached hydrogens (tertiary/aromatic N) is 2. The Hall–Kier alpha value is -7.03. The Morgan fingerprint density at radius 3 is 1.54 bits per heavy atom. The Balaban J connectivity index is 1.28. The van der Waals surface area contributed by atoms with Crippen molar-refractivity contribution < 1.29 is 0 Å². The van der Waals surface area contributed by atoms with Gasteiger partial charge >= 0.3 is 0 Å². The largest absolute Gasteiger partial charge is 0.311 e. The minimum atomic E-state index is 0.0457. The minimum Gasteiger partial charge on any atom is -0.311 e. The van der Waals surface area contributed by atoms with Crippen molar-refractivity contribution in [3.63, 3.8) is 0 Å². The van der Waals surface area contributed by atoms with E-state index in [1.54, 1.807) is 0 Å². The van der Waals surface area contributed by atoms with Crippen LogP contribution in [0.1, 0.15) is 0 Å². The molecule has 0 bridgehead atoms. The molecule has 0 saturated heterocycles. The highest BCUT2D eigenvalue weighted by atomic mass is 15.2. The van der Waals surface area contributed by atoms with Crippen molar-refractivity contribution in [2.45, 2.75) is 0 Å². The Morgan fingerprint density at radius 1 is 0.339 bits per heavy atom. The van der Waals surface area contributed by atoms with E-state index in [-0.39, 0.29) is 13.4 Å². The Morgan fingerprint density at radius 2 is 0.821 bits per heavy atom. The quantitative estimate of drug-likeness (QED) is 0.132. The summed E-state index contributed by atoms with van der Waals surface area (Å²) in [5.74, 6) is 0. The SMILES string of the molecule is c1ccc(B2c3ccccc3N(c3ccccc3)c3c2c2cccc4c5c(c6cccc3c6c24)B(c2ccccc2)c2cccc3c4ccccc4n-5c23)cc1. The van der Waals surface area contributed by atoms with Gasteiger partial charge in [0.2, 0.25) is 13.4 Å². The van der Waals surface area contributed by atoms with Crippen molar-refractivity contribution in [1.82, 2.24) is 4.57 Å². The summed E-state index contributed by atoms with van der Waals surface area (Å²) >= 11 is 0. The molecule has 0 amide bonds. The third kappa shape index (κ3) is 3.83. The molecule has 0 unspecified atom stereocenters. The summed E-state index contributed by atoms with van der Waals surface area (Å²) in [7, 11) is 0. The van der Waals surface area contributed by atoms with Crippen LogP contribution >= 0.6 is 0 Å². The summed E-state index contributed by atoms with van der Waals surface area (Å²) in [6.45, 7) is 0.101. The Labute approximate surface area is 325 Å². The van der Waals surface area contributed by atoms with Crippen LogP contribution in [0.25, 0.3) is 59.8 Å². The van der Waals surface area contributed by atoms with Gasteiger partial charge < -0.3 is 9.47 Å². The van der Waals surface area contributed by atoms with Crippen LogP contribution in [0.15, 0.2) is 194 Å². The van der Waals surface area contributed by atoms with E-state index in [1.807, 2.05) is 0 Å². The Bertz CT molecular complexity index is 3370. The summed E-state index contributed by atoms with van der Waals surface area (Å²) < 4.78 is 2.62. The highest BCUT2D eigenvalue weighted by Gasteiger charge is 2.41.